The summed E-state index contributed by atoms with van der Waals surface area (Å²) in [7, 11) is -1.94. The number of carbonyl (C=O) groups is 2. The van der Waals surface area contributed by atoms with Crippen molar-refractivity contribution >= 4 is 50.6 Å². The number of aromatic nitrogens is 3. The number of amides is 2. The smallest absolute Gasteiger partial charge is 0.339 e. The van der Waals surface area contributed by atoms with E-state index in [-0.39, 0.29) is 17.5 Å². The van der Waals surface area contributed by atoms with Crippen LogP contribution in [0.15, 0.2) is 29.4 Å². The summed E-state index contributed by atoms with van der Waals surface area (Å²) >= 11 is 1.87. The highest BCUT2D eigenvalue weighted by Crippen LogP contribution is 2.20. The molecule has 0 atom stereocenters. The first-order chi connectivity index (χ1) is 12.3. The van der Waals surface area contributed by atoms with Crippen LogP contribution in [-0.2, 0) is 14.8 Å². The molecule has 2 aromatic rings. The number of ether oxygens (including phenoxy) is 2. The number of nitrogens with one attached hydrogen (secondary N) is 2. The predicted molar refractivity (Wildman–Crippen MR) is 96.2 cm³/mol. The number of halogens is 1. The fourth-order valence-electron chi connectivity index (χ4n) is 1.74. The monoisotopic (exact) mass is 493 g/mol. The zero-order valence-corrected chi connectivity index (χ0v) is 16.4. The van der Waals surface area contributed by atoms with Crippen molar-refractivity contribution in [3.63, 3.8) is 0 Å². The van der Waals surface area contributed by atoms with Gasteiger partial charge in [0.05, 0.1) is 19.8 Å². The molecule has 0 fully saturated rings. The Kier molecular flexibility index (Phi) is 6.25. The summed E-state index contributed by atoms with van der Waals surface area (Å²) in [5, 5.41) is 2.13. The number of hydrogen-bond acceptors (Lipinski definition) is 9. The number of anilines is 1. The van der Waals surface area contributed by atoms with Crippen molar-refractivity contribution in [1.82, 2.24) is 19.7 Å². The molecule has 0 saturated heterocycles. The topological polar surface area (TPSA) is 149 Å². The minimum absolute atomic E-state index is 0.0660. The van der Waals surface area contributed by atoms with E-state index in [4.69, 9.17) is 4.74 Å². The number of sulfonamides is 1. The number of esters is 1. The summed E-state index contributed by atoms with van der Waals surface area (Å²) in [6.45, 7) is 0. The van der Waals surface area contributed by atoms with Crippen molar-refractivity contribution in [1.29, 1.82) is 0 Å². The van der Waals surface area contributed by atoms with E-state index in [9.17, 15) is 18.0 Å². The molecule has 11 nitrogen and oxygen atoms in total. The number of nitrogens with zero attached hydrogens (tertiary/aromatic N) is 3. The molecule has 0 bridgehead atoms. The number of benzene rings is 1. The second-order valence-electron chi connectivity index (χ2n) is 4.49. The average Bonchev–Trinajstić information content (AvgIpc) is 2.60. The first-order valence-electron chi connectivity index (χ1n) is 6.71. The van der Waals surface area contributed by atoms with Crippen molar-refractivity contribution < 1.29 is 27.5 Å². The fourth-order valence-corrected chi connectivity index (χ4v) is 3.57. The third-order valence-electron chi connectivity index (χ3n) is 2.82. The first-order valence-corrected chi connectivity index (χ1v) is 9.27. The third kappa shape index (κ3) is 4.75. The number of carbonyl (C=O) groups excluding carboxylic acids is 2. The van der Waals surface area contributed by atoms with E-state index in [1.54, 1.807) is 4.72 Å². The Morgan fingerprint density at radius 1 is 1.19 bits per heavy atom. The molecule has 1 heterocycles. The number of hydrogen-bond donors (Lipinski definition) is 2. The Bertz CT molecular complexity index is 952. The Hall–Kier alpha value is -2.55. The Balaban J connectivity index is 2.26. The van der Waals surface area contributed by atoms with E-state index >= 15 is 0 Å². The van der Waals surface area contributed by atoms with Gasteiger partial charge < -0.3 is 9.47 Å². The Morgan fingerprint density at radius 3 is 2.58 bits per heavy atom. The molecule has 0 aliphatic heterocycles. The third-order valence-corrected chi connectivity index (χ3v) is 4.87. The normalized spacial score (nSPS) is 10.7. The quantitative estimate of drug-likeness (QED) is 0.455. The molecule has 1 aromatic carbocycles. The van der Waals surface area contributed by atoms with Crippen LogP contribution in [-0.4, -0.2) is 49.6 Å². The van der Waals surface area contributed by atoms with Crippen LogP contribution in [0, 0.1) is 3.57 Å². The summed E-state index contributed by atoms with van der Waals surface area (Å²) in [5.74, 6) is -1.08. The number of urea groups is 1. The van der Waals surface area contributed by atoms with E-state index in [1.165, 1.54) is 25.3 Å². The van der Waals surface area contributed by atoms with Crippen LogP contribution in [0.5, 0.6) is 6.01 Å². The summed E-state index contributed by atoms with van der Waals surface area (Å²) < 4.78 is 36.6. The van der Waals surface area contributed by atoms with Crippen LogP contribution in [0.3, 0.4) is 0 Å². The van der Waals surface area contributed by atoms with Crippen LogP contribution < -0.4 is 14.8 Å². The molecule has 26 heavy (non-hydrogen) atoms. The first kappa shape index (κ1) is 19.8. The van der Waals surface area contributed by atoms with Gasteiger partial charge in [-0.3, -0.25) is 5.32 Å². The standard InChI is InChI=1S/C13H12IN5O6S/c1-24-10(20)8-4-3-7(14)5-9(8)26(22,23)19-12(21)17-11-15-6-16-13(18-11)25-2/h3-6H,1-2H3,(H2,15,16,17,18,19,21). The van der Waals surface area contributed by atoms with Crippen molar-refractivity contribution in [3.8, 4) is 6.01 Å². The van der Waals surface area contributed by atoms with Gasteiger partial charge in [0.1, 0.15) is 11.2 Å². The maximum absolute atomic E-state index is 12.5. The zero-order valence-electron chi connectivity index (χ0n) is 13.4. The lowest BCUT2D eigenvalue weighted by atomic mass is 10.2. The fraction of sp³-hybridized carbons (Fsp3) is 0.154. The van der Waals surface area contributed by atoms with Crippen LogP contribution in [0.2, 0.25) is 0 Å². The van der Waals surface area contributed by atoms with Crippen LogP contribution >= 0.6 is 22.6 Å². The predicted octanol–water partition coefficient (Wildman–Crippen LogP) is 0.782. The van der Waals surface area contributed by atoms with Gasteiger partial charge in [-0.05, 0) is 40.8 Å². The molecule has 0 radical (unpaired) electrons. The van der Waals surface area contributed by atoms with Crippen molar-refractivity contribution in [3.05, 3.63) is 33.7 Å². The van der Waals surface area contributed by atoms with Gasteiger partial charge >= 0.3 is 18.0 Å². The van der Waals surface area contributed by atoms with Crippen molar-refractivity contribution in [2.75, 3.05) is 19.5 Å². The van der Waals surface area contributed by atoms with Gasteiger partial charge in [0.25, 0.3) is 10.0 Å². The van der Waals surface area contributed by atoms with E-state index < -0.39 is 26.9 Å². The molecule has 0 saturated carbocycles. The minimum atomic E-state index is -4.37. The van der Waals surface area contributed by atoms with E-state index in [0.29, 0.717) is 3.57 Å². The number of rotatable bonds is 5. The summed E-state index contributed by atoms with van der Waals surface area (Å²) in [6.07, 6.45) is 1.07. The summed E-state index contributed by atoms with van der Waals surface area (Å²) in [5.41, 5.74) is -0.213. The van der Waals surface area contributed by atoms with Gasteiger partial charge in [0.15, 0.2) is 0 Å². The molecule has 0 spiro atoms. The number of methoxy groups -OCH3 is 2. The maximum Gasteiger partial charge on any atom is 0.339 e. The van der Waals surface area contributed by atoms with Gasteiger partial charge in [-0.1, -0.05) is 0 Å². The average molecular weight is 493 g/mol. The molecule has 2 amide bonds. The second-order valence-corrected chi connectivity index (χ2v) is 7.38. The lowest BCUT2D eigenvalue weighted by Gasteiger charge is -2.11. The Labute approximate surface area is 161 Å². The highest BCUT2D eigenvalue weighted by atomic mass is 127. The van der Waals surface area contributed by atoms with Gasteiger partial charge in [-0.25, -0.2) is 27.7 Å². The molecule has 2 N–H and O–H groups in total. The highest BCUT2D eigenvalue weighted by molar-refractivity contribution is 14.1. The minimum Gasteiger partial charge on any atom is -0.467 e. The van der Waals surface area contributed by atoms with Crippen molar-refractivity contribution in [2.24, 2.45) is 0 Å². The summed E-state index contributed by atoms with van der Waals surface area (Å²) in [6, 6.07) is 2.85. The van der Waals surface area contributed by atoms with Crippen LogP contribution in [0.4, 0.5) is 10.7 Å². The lowest BCUT2D eigenvalue weighted by molar-refractivity contribution is 0.0596. The zero-order chi connectivity index (χ0) is 19.3. The molecule has 0 aliphatic rings. The molecule has 138 valence electrons. The molecule has 2 rings (SSSR count). The van der Waals surface area contributed by atoms with E-state index in [2.05, 4.69) is 25.0 Å². The van der Waals surface area contributed by atoms with E-state index in [0.717, 1.165) is 13.4 Å². The van der Waals surface area contributed by atoms with Crippen LogP contribution in [0.25, 0.3) is 0 Å². The molecular formula is C13H12IN5O6S. The Morgan fingerprint density at radius 2 is 1.92 bits per heavy atom. The van der Waals surface area contributed by atoms with Gasteiger partial charge in [0, 0.05) is 3.57 Å². The molecule has 0 unspecified atom stereocenters. The largest absolute Gasteiger partial charge is 0.467 e. The van der Waals surface area contributed by atoms with E-state index in [1.807, 2.05) is 22.6 Å². The molecule has 0 aliphatic carbocycles. The second kappa shape index (κ2) is 8.22. The summed E-state index contributed by atoms with van der Waals surface area (Å²) in [4.78, 5) is 34.4. The SMILES string of the molecule is COC(=O)c1ccc(I)cc1S(=O)(=O)NC(=O)Nc1ncnc(OC)n1. The van der Waals surface area contributed by atoms with Gasteiger partial charge in [0.2, 0.25) is 5.95 Å². The van der Waals surface area contributed by atoms with Gasteiger partial charge in [-0.15, -0.1) is 0 Å². The van der Waals surface area contributed by atoms with Crippen molar-refractivity contribution in [2.45, 2.75) is 4.90 Å². The van der Waals surface area contributed by atoms with Crippen LogP contribution in [0.1, 0.15) is 10.4 Å². The molecule has 13 heteroatoms. The maximum atomic E-state index is 12.5. The molecule has 1 aromatic heterocycles. The van der Waals surface area contributed by atoms with Gasteiger partial charge in [-0.2, -0.15) is 9.97 Å². The highest BCUT2D eigenvalue weighted by Gasteiger charge is 2.25. The molecular weight excluding hydrogens is 481 g/mol. The lowest BCUT2D eigenvalue weighted by Crippen LogP contribution is -2.35.